The Morgan fingerprint density at radius 2 is 1.85 bits per heavy atom. The number of halogens is 3. The van der Waals surface area contributed by atoms with E-state index in [9.17, 15) is 31.7 Å². The van der Waals surface area contributed by atoms with E-state index < -0.39 is 20.5 Å². The molecule has 0 saturated carbocycles. The van der Waals surface area contributed by atoms with E-state index in [0.717, 1.165) is 0 Å². The van der Waals surface area contributed by atoms with Crippen LogP contribution in [0.4, 0.5) is 13.2 Å². The molecule has 76 valence electrons. The molecule has 13 heavy (non-hydrogen) atoms. The average molecular weight is 221 g/mol. The van der Waals surface area contributed by atoms with Crippen LogP contribution in [0.25, 0.3) is 0 Å². The molecule has 0 aliphatic carbocycles. The first-order chi connectivity index (χ1) is 5.67. The molecule has 0 aromatic rings. The van der Waals surface area contributed by atoms with Crippen LogP contribution in [0.5, 0.6) is 0 Å². The summed E-state index contributed by atoms with van der Waals surface area (Å²) in [5, 5.41) is 9.50. The van der Waals surface area contributed by atoms with Crippen molar-refractivity contribution >= 4 is 10.1 Å². The minimum atomic E-state index is -5.78. The van der Waals surface area contributed by atoms with E-state index in [1.165, 1.54) is 0 Å². The van der Waals surface area contributed by atoms with Crippen LogP contribution in [0.15, 0.2) is 12.5 Å². The van der Waals surface area contributed by atoms with E-state index in [0.29, 0.717) is 0 Å². The smallest absolute Gasteiger partial charge is 0.377 e. The van der Waals surface area contributed by atoms with E-state index in [1.807, 2.05) is 0 Å². The highest BCUT2D eigenvalue weighted by atomic mass is 32.2. The standard InChI is InChI=1S/C3H2F3NO5S/c4-3(5,6)13(10,11)12-2-1-7(8)9/h1-2H/b2-1-. The van der Waals surface area contributed by atoms with Crippen LogP contribution in [-0.4, -0.2) is 18.8 Å². The minimum absolute atomic E-state index is 0.0801. The van der Waals surface area contributed by atoms with Gasteiger partial charge in [-0.3, -0.25) is 10.1 Å². The summed E-state index contributed by atoms with van der Waals surface area (Å²) in [4.78, 5) is 8.32. The quantitative estimate of drug-likeness (QED) is 0.229. The van der Waals surface area contributed by atoms with Crippen LogP contribution >= 0.6 is 0 Å². The summed E-state index contributed by atoms with van der Waals surface area (Å²) in [6.45, 7) is 0. The molecule has 0 spiro atoms. The lowest BCUT2D eigenvalue weighted by Gasteiger charge is -2.04. The molecule has 0 aliphatic rings. The first-order valence-electron chi connectivity index (χ1n) is 2.46. The summed E-state index contributed by atoms with van der Waals surface area (Å²) in [7, 11) is -5.78. The maximum atomic E-state index is 11.4. The van der Waals surface area contributed by atoms with Crippen molar-refractivity contribution in [1.82, 2.24) is 0 Å². The van der Waals surface area contributed by atoms with Gasteiger partial charge in [-0.1, -0.05) is 0 Å². The largest absolute Gasteiger partial charge is 0.534 e. The van der Waals surface area contributed by atoms with Gasteiger partial charge < -0.3 is 4.18 Å². The van der Waals surface area contributed by atoms with E-state index >= 15 is 0 Å². The lowest BCUT2D eigenvalue weighted by atomic mass is 11.0. The molecule has 0 radical (unpaired) electrons. The van der Waals surface area contributed by atoms with Crippen LogP contribution in [0, 0.1) is 10.1 Å². The highest BCUT2D eigenvalue weighted by Crippen LogP contribution is 2.24. The number of hydrogen-bond donors (Lipinski definition) is 0. The third-order valence-electron chi connectivity index (χ3n) is 0.648. The van der Waals surface area contributed by atoms with Gasteiger partial charge in [-0.15, -0.1) is 0 Å². The molecule has 0 aliphatic heterocycles. The van der Waals surface area contributed by atoms with Crippen LogP contribution < -0.4 is 0 Å². The van der Waals surface area contributed by atoms with E-state index in [4.69, 9.17) is 0 Å². The Balaban J connectivity index is 4.48. The fourth-order valence-electron chi connectivity index (χ4n) is 0.202. The topological polar surface area (TPSA) is 86.5 Å². The van der Waals surface area contributed by atoms with Crippen molar-refractivity contribution in [3.8, 4) is 0 Å². The van der Waals surface area contributed by atoms with Crippen molar-refractivity contribution in [1.29, 1.82) is 0 Å². The average Bonchev–Trinajstić information content (AvgIpc) is 1.82. The number of nitrogens with zero attached hydrogens (tertiary/aromatic N) is 1. The molecule has 0 N–H and O–H groups in total. The van der Waals surface area contributed by atoms with Gasteiger partial charge in [0.05, 0.1) is 4.92 Å². The van der Waals surface area contributed by atoms with Gasteiger partial charge in [-0.25, -0.2) is 0 Å². The summed E-state index contributed by atoms with van der Waals surface area (Å²) >= 11 is 0. The van der Waals surface area contributed by atoms with Crippen molar-refractivity contribution in [3.63, 3.8) is 0 Å². The van der Waals surface area contributed by atoms with Crippen LogP contribution in [0.2, 0.25) is 0 Å². The van der Waals surface area contributed by atoms with Crippen molar-refractivity contribution in [2.45, 2.75) is 5.51 Å². The number of rotatable bonds is 3. The fourth-order valence-corrected chi connectivity index (χ4v) is 0.507. The molecule has 0 saturated heterocycles. The Morgan fingerprint density at radius 3 is 2.15 bits per heavy atom. The molecular formula is C3H2F3NO5S. The predicted octanol–water partition coefficient (Wildman–Crippen LogP) is 0.600. The van der Waals surface area contributed by atoms with Gasteiger partial charge in [0.1, 0.15) is 0 Å². The number of alkyl halides is 3. The lowest BCUT2D eigenvalue weighted by Crippen LogP contribution is -2.23. The maximum absolute atomic E-state index is 11.4. The zero-order valence-corrected chi connectivity index (χ0v) is 6.50. The summed E-state index contributed by atoms with van der Waals surface area (Å²) in [5.74, 6) is 0. The van der Waals surface area contributed by atoms with Gasteiger partial charge >= 0.3 is 15.6 Å². The second kappa shape index (κ2) is 3.60. The summed E-state index contributed by atoms with van der Waals surface area (Å²) in [6, 6.07) is 0. The molecule has 0 amide bonds. The summed E-state index contributed by atoms with van der Waals surface area (Å²) < 4.78 is 57.5. The zero-order chi connectivity index (χ0) is 10.7. The second-order valence-electron chi connectivity index (χ2n) is 1.57. The molecule has 0 fully saturated rings. The van der Waals surface area contributed by atoms with E-state index in [1.54, 1.807) is 0 Å². The number of nitro groups is 1. The summed E-state index contributed by atoms with van der Waals surface area (Å²) in [6.07, 6.45) is -0.258. The molecule has 0 aromatic carbocycles. The fraction of sp³-hybridized carbons (Fsp3) is 0.333. The molecule has 0 heterocycles. The van der Waals surface area contributed by atoms with Gasteiger partial charge in [0.15, 0.2) is 6.26 Å². The van der Waals surface area contributed by atoms with Gasteiger partial charge in [-0.2, -0.15) is 21.6 Å². The van der Waals surface area contributed by atoms with Gasteiger partial charge in [0.2, 0.25) is 0 Å². The third-order valence-corrected chi connectivity index (χ3v) is 1.58. The first kappa shape index (κ1) is 11.7. The molecule has 6 nitrogen and oxygen atoms in total. The van der Waals surface area contributed by atoms with Crippen molar-refractivity contribution < 1.29 is 30.7 Å². The van der Waals surface area contributed by atoms with Crippen molar-refractivity contribution in [2.75, 3.05) is 0 Å². The summed E-state index contributed by atoms with van der Waals surface area (Å²) in [5.41, 5.74) is -5.59. The molecule has 10 heteroatoms. The molecule has 0 aromatic heterocycles. The van der Waals surface area contributed by atoms with E-state index in [2.05, 4.69) is 4.18 Å². The predicted molar refractivity (Wildman–Crippen MR) is 32.2 cm³/mol. The zero-order valence-electron chi connectivity index (χ0n) is 5.69. The Kier molecular flexibility index (Phi) is 3.23. The third kappa shape index (κ3) is 3.73. The monoisotopic (exact) mass is 221 g/mol. The van der Waals surface area contributed by atoms with Crippen molar-refractivity contribution in [3.05, 3.63) is 22.6 Å². The molecular weight excluding hydrogens is 219 g/mol. The van der Waals surface area contributed by atoms with E-state index in [-0.39, 0.29) is 12.5 Å². The maximum Gasteiger partial charge on any atom is 0.534 e. The Bertz CT molecular complexity index is 316. The minimum Gasteiger partial charge on any atom is -0.377 e. The Hall–Kier alpha value is -1.32. The van der Waals surface area contributed by atoms with Crippen LogP contribution in [-0.2, 0) is 14.3 Å². The lowest BCUT2D eigenvalue weighted by molar-refractivity contribution is -0.403. The Labute approximate surface area is 69.9 Å². The Morgan fingerprint density at radius 1 is 1.38 bits per heavy atom. The van der Waals surface area contributed by atoms with Crippen LogP contribution in [0.3, 0.4) is 0 Å². The highest BCUT2D eigenvalue weighted by molar-refractivity contribution is 7.87. The SMILES string of the molecule is O=[N+]([O-])/C=C\OS(=O)(=O)C(F)(F)F. The van der Waals surface area contributed by atoms with Crippen LogP contribution in [0.1, 0.15) is 0 Å². The molecule has 0 bridgehead atoms. The molecule has 0 atom stereocenters. The molecule has 0 rings (SSSR count). The molecule has 0 unspecified atom stereocenters. The first-order valence-corrected chi connectivity index (χ1v) is 3.87. The van der Waals surface area contributed by atoms with Gasteiger partial charge in [0.25, 0.3) is 6.20 Å². The van der Waals surface area contributed by atoms with Gasteiger partial charge in [0, 0.05) is 0 Å². The van der Waals surface area contributed by atoms with Crippen molar-refractivity contribution in [2.24, 2.45) is 0 Å². The van der Waals surface area contributed by atoms with Gasteiger partial charge in [-0.05, 0) is 0 Å². The normalized spacial score (nSPS) is 13.2. The number of hydrogen-bond acceptors (Lipinski definition) is 5. The highest BCUT2D eigenvalue weighted by Gasteiger charge is 2.48. The second-order valence-corrected chi connectivity index (χ2v) is 3.13.